The summed E-state index contributed by atoms with van der Waals surface area (Å²) < 4.78 is 5.70. The van der Waals surface area contributed by atoms with Crippen molar-refractivity contribution in [3.8, 4) is 0 Å². The molecule has 0 spiro atoms. The van der Waals surface area contributed by atoms with E-state index in [1.807, 2.05) is 13.0 Å². The molecule has 1 aliphatic rings. The fourth-order valence-corrected chi connectivity index (χ4v) is 2.66. The average Bonchev–Trinajstić information content (AvgIpc) is 2.42. The van der Waals surface area contributed by atoms with Gasteiger partial charge in [-0.15, -0.1) is 0 Å². The lowest BCUT2D eigenvalue weighted by molar-refractivity contribution is 0.00368. The fraction of sp³-hybridized carbons (Fsp3) is 0.533. The van der Waals surface area contributed by atoms with Crippen LogP contribution in [0.1, 0.15) is 35.7 Å². The summed E-state index contributed by atoms with van der Waals surface area (Å²) in [5.74, 6) is -0.447. The Morgan fingerprint density at radius 1 is 1.50 bits per heavy atom. The molecule has 1 atom stereocenters. The van der Waals surface area contributed by atoms with Crippen LogP contribution in [-0.4, -0.2) is 36.6 Å². The number of anilines is 1. The number of hydrogen-bond donors (Lipinski definition) is 2. The van der Waals surface area contributed by atoms with Crippen LogP contribution < -0.4 is 11.5 Å². The van der Waals surface area contributed by atoms with E-state index in [1.54, 1.807) is 12.1 Å². The Morgan fingerprint density at radius 3 is 2.95 bits per heavy atom. The van der Waals surface area contributed by atoms with Crippen molar-refractivity contribution >= 4 is 11.6 Å². The van der Waals surface area contributed by atoms with Gasteiger partial charge in [-0.05, 0) is 44.0 Å². The molecule has 1 aromatic rings. The van der Waals surface area contributed by atoms with E-state index in [1.165, 1.54) is 0 Å². The second-order valence-corrected chi connectivity index (χ2v) is 5.23. The molecule has 1 aliphatic heterocycles. The first-order chi connectivity index (χ1) is 9.60. The number of nitrogen functional groups attached to an aromatic ring is 1. The number of rotatable bonds is 5. The van der Waals surface area contributed by atoms with Crippen molar-refractivity contribution in [3.63, 3.8) is 0 Å². The van der Waals surface area contributed by atoms with Crippen molar-refractivity contribution in [1.29, 1.82) is 0 Å². The van der Waals surface area contributed by atoms with Crippen LogP contribution in [0.3, 0.4) is 0 Å². The number of piperidine rings is 1. The Hall–Kier alpha value is -1.59. The molecule has 1 amide bonds. The van der Waals surface area contributed by atoms with E-state index >= 15 is 0 Å². The van der Waals surface area contributed by atoms with Crippen LogP contribution in [0.15, 0.2) is 18.2 Å². The number of hydrogen-bond acceptors (Lipinski definition) is 4. The maximum Gasteiger partial charge on any atom is 0.248 e. The SMILES string of the molecule is CCOC1CCCN(Cc2ccc(C(N)=O)cc2N)C1. The van der Waals surface area contributed by atoms with Gasteiger partial charge in [0.05, 0.1) is 6.10 Å². The molecule has 0 saturated carbocycles. The van der Waals surface area contributed by atoms with E-state index in [4.69, 9.17) is 16.2 Å². The Bertz CT molecular complexity index is 474. The predicted molar refractivity (Wildman–Crippen MR) is 79.3 cm³/mol. The third-order valence-corrected chi connectivity index (χ3v) is 3.69. The summed E-state index contributed by atoms with van der Waals surface area (Å²) >= 11 is 0. The average molecular weight is 277 g/mol. The lowest BCUT2D eigenvalue weighted by Gasteiger charge is -2.32. The molecule has 20 heavy (non-hydrogen) atoms. The summed E-state index contributed by atoms with van der Waals surface area (Å²) in [6, 6.07) is 5.28. The molecule has 110 valence electrons. The number of carbonyl (C=O) groups excluding carboxylic acids is 1. The molecule has 5 nitrogen and oxygen atoms in total. The van der Waals surface area contributed by atoms with Gasteiger partial charge in [0.25, 0.3) is 0 Å². The van der Waals surface area contributed by atoms with Crippen molar-refractivity contribution in [2.75, 3.05) is 25.4 Å². The lowest BCUT2D eigenvalue weighted by Crippen LogP contribution is -2.39. The standard InChI is InChI=1S/C15H23N3O2/c1-2-20-13-4-3-7-18(10-13)9-12-6-5-11(15(17)19)8-14(12)16/h5-6,8,13H,2-4,7,9-10,16H2,1H3,(H2,17,19). The Kier molecular flexibility index (Phi) is 4.98. The minimum atomic E-state index is -0.447. The molecule has 0 bridgehead atoms. The predicted octanol–water partition coefficient (Wildman–Crippen LogP) is 1.37. The first kappa shape index (κ1) is 14.8. The highest BCUT2D eigenvalue weighted by Crippen LogP contribution is 2.20. The minimum absolute atomic E-state index is 0.319. The highest BCUT2D eigenvalue weighted by Gasteiger charge is 2.20. The number of primary amides is 1. The lowest BCUT2D eigenvalue weighted by atomic mass is 10.0. The van der Waals surface area contributed by atoms with Gasteiger partial charge in [0.2, 0.25) is 5.91 Å². The monoisotopic (exact) mass is 277 g/mol. The smallest absolute Gasteiger partial charge is 0.248 e. The van der Waals surface area contributed by atoms with Crippen LogP contribution in [0, 0.1) is 0 Å². The Balaban J connectivity index is 2.00. The van der Waals surface area contributed by atoms with E-state index in [9.17, 15) is 4.79 Å². The van der Waals surface area contributed by atoms with E-state index in [-0.39, 0.29) is 0 Å². The largest absolute Gasteiger partial charge is 0.398 e. The van der Waals surface area contributed by atoms with Gasteiger partial charge in [0.15, 0.2) is 0 Å². The molecule has 1 unspecified atom stereocenters. The van der Waals surface area contributed by atoms with E-state index < -0.39 is 5.91 Å². The number of nitrogens with zero attached hydrogens (tertiary/aromatic N) is 1. The zero-order valence-electron chi connectivity index (χ0n) is 12.0. The number of ether oxygens (including phenoxy) is 1. The van der Waals surface area contributed by atoms with Crippen molar-refractivity contribution in [3.05, 3.63) is 29.3 Å². The van der Waals surface area contributed by atoms with Crippen molar-refractivity contribution in [2.24, 2.45) is 5.73 Å². The third-order valence-electron chi connectivity index (χ3n) is 3.69. The Morgan fingerprint density at radius 2 is 2.30 bits per heavy atom. The summed E-state index contributed by atoms with van der Waals surface area (Å²) in [5, 5.41) is 0. The van der Waals surface area contributed by atoms with Crippen LogP contribution in [-0.2, 0) is 11.3 Å². The quantitative estimate of drug-likeness (QED) is 0.796. The first-order valence-electron chi connectivity index (χ1n) is 7.12. The minimum Gasteiger partial charge on any atom is -0.398 e. The van der Waals surface area contributed by atoms with Gasteiger partial charge in [0.1, 0.15) is 0 Å². The number of benzene rings is 1. The maximum absolute atomic E-state index is 11.1. The van der Waals surface area contributed by atoms with Gasteiger partial charge in [-0.1, -0.05) is 6.07 Å². The highest BCUT2D eigenvalue weighted by atomic mass is 16.5. The highest BCUT2D eigenvalue weighted by molar-refractivity contribution is 5.93. The topological polar surface area (TPSA) is 81.6 Å². The zero-order chi connectivity index (χ0) is 14.5. The van der Waals surface area contributed by atoms with Crippen molar-refractivity contribution in [2.45, 2.75) is 32.4 Å². The molecule has 0 aromatic heterocycles. The van der Waals surface area contributed by atoms with Gasteiger partial charge in [0, 0.05) is 30.9 Å². The van der Waals surface area contributed by atoms with Gasteiger partial charge in [-0.2, -0.15) is 0 Å². The number of carbonyl (C=O) groups is 1. The van der Waals surface area contributed by atoms with Crippen LogP contribution in [0.5, 0.6) is 0 Å². The first-order valence-corrected chi connectivity index (χ1v) is 7.12. The Labute approximate surface area is 119 Å². The second-order valence-electron chi connectivity index (χ2n) is 5.23. The molecule has 0 radical (unpaired) electrons. The van der Waals surface area contributed by atoms with Crippen LogP contribution >= 0.6 is 0 Å². The molecule has 0 aliphatic carbocycles. The summed E-state index contributed by atoms with van der Waals surface area (Å²) in [6.45, 7) is 5.56. The summed E-state index contributed by atoms with van der Waals surface area (Å²) in [6.07, 6.45) is 2.59. The molecule has 1 aromatic carbocycles. The van der Waals surface area contributed by atoms with E-state index in [2.05, 4.69) is 4.90 Å². The number of likely N-dealkylation sites (tertiary alicyclic amines) is 1. The molecule has 5 heteroatoms. The van der Waals surface area contributed by atoms with E-state index in [0.29, 0.717) is 17.4 Å². The number of nitrogens with two attached hydrogens (primary N) is 2. The maximum atomic E-state index is 11.1. The molecule has 2 rings (SSSR count). The van der Waals surface area contributed by atoms with Crippen LogP contribution in [0.4, 0.5) is 5.69 Å². The number of amides is 1. The summed E-state index contributed by atoms with van der Waals surface area (Å²) in [7, 11) is 0. The van der Waals surface area contributed by atoms with Gasteiger partial charge < -0.3 is 16.2 Å². The van der Waals surface area contributed by atoms with Crippen molar-refractivity contribution in [1.82, 2.24) is 4.90 Å². The summed E-state index contributed by atoms with van der Waals surface area (Å²) in [4.78, 5) is 13.5. The molecule has 1 saturated heterocycles. The molecule has 1 fully saturated rings. The van der Waals surface area contributed by atoms with Gasteiger partial charge in [-0.3, -0.25) is 9.69 Å². The van der Waals surface area contributed by atoms with Gasteiger partial charge in [-0.25, -0.2) is 0 Å². The fourth-order valence-electron chi connectivity index (χ4n) is 2.66. The zero-order valence-corrected chi connectivity index (χ0v) is 12.0. The van der Waals surface area contributed by atoms with E-state index in [0.717, 1.165) is 44.6 Å². The third kappa shape index (κ3) is 3.71. The molecule has 4 N–H and O–H groups in total. The normalized spacial score (nSPS) is 19.9. The van der Waals surface area contributed by atoms with Crippen LogP contribution in [0.25, 0.3) is 0 Å². The second kappa shape index (κ2) is 6.72. The van der Waals surface area contributed by atoms with Gasteiger partial charge >= 0.3 is 0 Å². The molecule has 1 heterocycles. The van der Waals surface area contributed by atoms with Crippen LogP contribution in [0.2, 0.25) is 0 Å². The van der Waals surface area contributed by atoms with Crippen molar-refractivity contribution < 1.29 is 9.53 Å². The molecular weight excluding hydrogens is 254 g/mol. The molecular formula is C15H23N3O2. The summed E-state index contributed by atoms with van der Waals surface area (Å²) in [5.41, 5.74) is 13.4.